The van der Waals surface area contributed by atoms with Gasteiger partial charge < -0.3 is 4.57 Å². The van der Waals surface area contributed by atoms with Crippen LogP contribution in [-0.4, -0.2) is 14.5 Å². The molecule has 55 heavy (non-hydrogen) atoms. The van der Waals surface area contributed by atoms with Gasteiger partial charge in [0, 0.05) is 39.6 Å². The summed E-state index contributed by atoms with van der Waals surface area (Å²) in [5.41, 5.74) is 14.9. The molecule has 0 bridgehead atoms. The normalized spacial score (nSPS) is 11.6. The molecule has 0 N–H and O–H groups in total. The van der Waals surface area contributed by atoms with E-state index in [2.05, 4.69) is 193 Å². The van der Waals surface area contributed by atoms with Crippen molar-refractivity contribution in [2.45, 2.75) is 0 Å². The molecule has 0 radical (unpaired) electrons. The van der Waals surface area contributed by atoms with E-state index in [9.17, 15) is 0 Å². The van der Waals surface area contributed by atoms with Gasteiger partial charge in [0.2, 0.25) is 0 Å². The number of nitrogens with zero attached hydrogens (tertiary/aromatic N) is 3. The van der Waals surface area contributed by atoms with E-state index >= 15 is 0 Å². The van der Waals surface area contributed by atoms with Gasteiger partial charge in [-0.3, -0.25) is 9.97 Å². The first-order valence-electron chi connectivity index (χ1n) is 18.7. The zero-order valence-corrected chi connectivity index (χ0v) is 29.9. The summed E-state index contributed by atoms with van der Waals surface area (Å²) in [6.45, 7) is 0. The molecular formula is C52H33N3. The number of para-hydroxylation sites is 2. The van der Waals surface area contributed by atoms with Crippen molar-refractivity contribution in [1.82, 2.24) is 14.5 Å². The van der Waals surface area contributed by atoms with Crippen molar-refractivity contribution in [3.05, 3.63) is 200 Å². The van der Waals surface area contributed by atoms with E-state index in [0.29, 0.717) is 0 Å². The van der Waals surface area contributed by atoms with Gasteiger partial charge in [-0.25, -0.2) is 0 Å². The van der Waals surface area contributed by atoms with E-state index < -0.39 is 0 Å². The molecular weight excluding hydrogens is 667 g/mol. The molecule has 0 atom stereocenters. The maximum Gasteiger partial charge on any atom is 0.0971 e. The predicted molar refractivity (Wildman–Crippen MR) is 231 cm³/mol. The lowest BCUT2D eigenvalue weighted by molar-refractivity contribution is 1.18. The molecule has 256 valence electrons. The van der Waals surface area contributed by atoms with Crippen LogP contribution in [0.15, 0.2) is 200 Å². The van der Waals surface area contributed by atoms with Crippen LogP contribution in [0.3, 0.4) is 0 Å². The Morgan fingerprint density at radius 2 is 0.727 bits per heavy atom. The Bertz CT molecular complexity index is 3210. The smallest absolute Gasteiger partial charge is 0.0971 e. The summed E-state index contributed by atoms with van der Waals surface area (Å²) in [6.07, 6.45) is 3.57. The van der Waals surface area contributed by atoms with Crippen LogP contribution in [0.2, 0.25) is 0 Å². The number of benzene rings is 9. The molecule has 0 unspecified atom stereocenters. The summed E-state index contributed by atoms with van der Waals surface area (Å²) in [6, 6.07) is 68.1. The average molecular weight is 700 g/mol. The molecule has 11 rings (SSSR count). The Labute approximate surface area is 318 Å². The molecule has 2 aromatic heterocycles. The molecule has 0 fully saturated rings. The molecule has 0 saturated carbocycles. The Morgan fingerprint density at radius 3 is 1.40 bits per heavy atom. The lowest BCUT2D eigenvalue weighted by Crippen LogP contribution is -1.93. The van der Waals surface area contributed by atoms with Crippen molar-refractivity contribution >= 4 is 54.4 Å². The van der Waals surface area contributed by atoms with Crippen molar-refractivity contribution < 1.29 is 0 Å². The lowest BCUT2D eigenvalue weighted by atomic mass is 9.93. The summed E-state index contributed by atoms with van der Waals surface area (Å²) < 4.78 is 2.38. The van der Waals surface area contributed by atoms with Crippen LogP contribution in [0.4, 0.5) is 0 Å². The third kappa shape index (κ3) is 5.20. The Hall–Kier alpha value is -7.36. The van der Waals surface area contributed by atoms with Crippen molar-refractivity contribution in [2.24, 2.45) is 0 Å². The van der Waals surface area contributed by atoms with Gasteiger partial charge in [-0.2, -0.15) is 0 Å². The molecule has 0 amide bonds. The van der Waals surface area contributed by atoms with Gasteiger partial charge in [0.05, 0.1) is 22.1 Å². The van der Waals surface area contributed by atoms with E-state index in [1.165, 1.54) is 77.2 Å². The SMILES string of the molecule is c1ccc(-n2c3ccccc3c3ccc(-c4cccc(-c5ccc(-c6cccc(-c7ccc8c9ccccc9c9nccnc9c8c7)c6)cc5)c4)cc32)cc1. The largest absolute Gasteiger partial charge is 0.309 e. The first kappa shape index (κ1) is 31.2. The first-order chi connectivity index (χ1) is 27.3. The van der Waals surface area contributed by atoms with Crippen LogP contribution in [-0.2, 0) is 0 Å². The third-order valence-electron chi connectivity index (χ3n) is 11.1. The van der Waals surface area contributed by atoms with Crippen LogP contribution in [0.25, 0.3) is 105 Å². The highest BCUT2D eigenvalue weighted by atomic mass is 15.0. The fourth-order valence-electron chi connectivity index (χ4n) is 8.43. The molecule has 0 aliphatic rings. The molecule has 9 aromatic carbocycles. The monoisotopic (exact) mass is 699 g/mol. The van der Waals surface area contributed by atoms with Gasteiger partial charge in [0.1, 0.15) is 0 Å². The highest BCUT2D eigenvalue weighted by molar-refractivity contribution is 6.23. The number of hydrogen-bond donors (Lipinski definition) is 0. The standard InChI is InChI=1S/C52H33N3/c1-2-14-42(15-3-1)55-49-19-7-6-17-45(49)46-27-25-41(33-50(46)55)39-13-9-11-37(31-39)35-22-20-34(21-23-35)36-10-8-12-38(30-36)40-24-26-44-43-16-4-5-18-47(43)51-52(48(44)32-40)54-29-28-53-51/h1-33H. The minimum Gasteiger partial charge on any atom is -0.309 e. The fraction of sp³-hybridized carbons (Fsp3) is 0. The van der Waals surface area contributed by atoms with Crippen molar-refractivity contribution in [2.75, 3.05) is 0 Å². The quantitative estimate of drug-likeness (QED) is 0.167. The van der Waals surface area contributed by atoms with Gasteiger partial charge in [-0.1, -0.05) is 146 Å². The second-order valence-corrected chi connectivity index (χ2v) is 14.2. The number of fused-ring (bicyclic) bond motifs is 9. The van der Waals surface area contributed by atoms with Gasteiger partial charge >= 0.3 is 0 Å². The minimum absolute atomic E-state index is 0.935. The molecule has 3 heteroatoms. The summed E-state index contributed by atoms with van der Waals surface area (Å²) >= 11 is 0. The van der Waals surface area contributed by atoms with Crippen LogP contribution in [0, 0.1) is 0 Å². The van der Waals surface area contributed by atoms with Gasteiger partial charge in [-0.05, 0) is 97.7 Å². The zero-order chi connectivity index (χ0) is 36.3. The van der Waals surface area contributed by atoms with Gasteiger partial charge in [-0.15, -0.1) is 0 Å². The first-order valence-corrected chi connectivity index (χ1v) is 18.7. The summed E-state index contributed by atoms with van der Waals surface area (Å²) in [4.78, 5) is 9.52. The van der Waals surface area contributed by atoms with Crippen LogP contribution >= 0.6 is 0 Å². The van der Waals surface area contributed by atoms with Crippen LogP contribution in [0.5, 0.6) is 0 Å². The molecule has 0 aliphatic heterocycles. The topological polar surface area (TPSA) is 30.7 Å². The van der Waals surface area contributed by atoms with Crippen molar-refractivity contribution in [3.63, 3.8) is 0 Å². The second-order valence-electron chi connectivity index (χ2n) is 14.2. The Morgan fingerprint density at radius 1 is 0.273 bits per heavy atom. The second kappa shape index (κ2) is 12.6. The third-order valence-corrected chi connectivity index (χ3v) is 11.1. The van der Waals surface area contributed by atoms with Crippen LogP contribution < -0.4 is 0 Å². The number of hydrogen-bond acceptors (Lipinski definition) is 2. The summed E-state index contributed by atoms with van der Waals surface area (Å²) in [7, 11) is 0. The molecule has 11 aromatic rings. The molecule has 2 heterocycles. The van der Waals surface area contributed by atoms with Crippen molar-refractivity contribution in [1.29, 1.82) is 0 Å². The number of aromatic nitrogens is 3. The maximum atomic E-state index is 4.79. The highest BCUT2D eigenvalue weighted by Gasteiger charge is 2.15. The van der Waals surface area contributed by atoms with Crippen LogP contribution in [0.1, 0.15) is 0 Å². The minimum atomic E-state index is 0.935. The molecule has 0 saturated heterocycles. The van der Waals surface area contributed by atoms with E-state index in [1.807, 2.05) is 0 Å². The average Bonchev–Trinajstić information content (AvgIpc) is 3.60. The Kier molecular flexibility index (Phi) is 7.17. The predicted octanol–water partition coefficient (Wildman–Crippen LogP) is 13.7. The lowest BCUT2D eigenvalue weighted by Gasteiger charge is -2.12. The highest BCUT2D eigenvalue weighted by Crippen LogP contribution is 2.38. The van der Waals surface area contributed by atoms with E-state index in [4.69, 9.17) is 9.97 Å². The van der Waals surface area contributed by atoms with E-state index in [0.717, 1.165) is 27.4 Å². The van der Waals surface area contributed by atoms with Gasteiger partial charge in [0.25, 0.3) is 0 Å². The van der Waals surface area contributed by atoms with E-state index in [1.54, 1.807) is 12.4 Å². The summed E-state index contributed by atoms with van der Waals surface area (Å²) in [5, 5.41) is 7.17. The maximum absolute atomic E-state index is 4.79. The molecule has 3 nitrogen and oxygen atoms in total. The van der Waals surface area contributed by atoms with Gasteiger partial charge in [0.15, 0.2) is 0 Å². The zero-order valence-electron chi connectivity index (χ0n) is 29.9. The summed E-state index contributed by atoms with van der Waals surface area (Å²) in [5.74, 6) is 0. The molecule has 0 aliphatic carbocycles. The molecule has 0 spiro atoms. The Balaban J connectivity index is 0.926. The number of rotatable bonds is 5. The fourth-order valence-corrected chi connectivity index (χ4v) is 8.43. The van der Waals surface area contributed by atoms with E-state index in [-0.39, 0.29) is 0 Å². The van der Waals surface area contributed by atoms with Crippen molar-refractivity contribution in [3.8, 4) is 50.2 Å².